The summed E-state index contributed by atoms with van der Waals surface area (Å²) in [5.74, 6) is 1.41. The zero-order chi connectivity index (χ0) is 17.2. The molecule has 1 fully saturated rings. The van der Waals surface area contributed by atoms with Crippen molar-refractivity contribution in [3.05, 3.63) is 41.4 Å². The first kappa shape index (κ1) is 16.8. The van der Waals surface area contributed by atoms with E-state index in [1.54, 1.807) is 0 Å². The van der Waals surface area contributed by atoms with Crippen molar-refractivity contribution in [1.29, 1.82) is 0 Å². The Hall–Kier alpha value is -2.09. The molecule has 24 heavy (non-hydrogen) atoms. The number of hydrogen-bond acceptors (Lipinski definition) is 5. The highest BCUT2D eigenvalue weighted by atomic mass is 19.4. The van der Waals surface area contributed by atoms with Gasteiger partial charge in [-0.25, -0.2) is 4.98 Å². The van der Waals surface area contributed by atoms with E-state index in [1.807, 2.05) is 17.9 Å². The lowest BCUT2D eigenvalue weighted by molar-refractivity contribution is -0.137. The van der Waals surface area contributed by atoms with Gasteiger partial charge in [-0.3, -0.25) is 4.90 Å². The molecule has 0 saturated carbocycles. The van der Waals surface area contributed by atoms with Crippen LogP contribution in [0.15, 0.2) is 28.9 Å². The first-order valence-corrected chi connectivity index (χ1v) is 7.84. The smallest absolute Gasteiger partial charge is 0.360 e. The number of pyridine rings is 1. The Labute approximate surface area is 138 Å². The summed E-state index contributed by atoms with van der Waals surface area (Å²) in [6, 6.07) is 4.45. The third-order valence-corrected chi connectivity index (χ3v) is 4.04. The summed E-state index contributed by atoms with van der Waals surface area (Å²) < 4.78 is 43.1. The summed E-state index contributed by atoms with van der Waals surface area (Å²) in [5.41, 5.74) is 0.138. The van der Waals surface area contributed by atoms with E-state index in [2.05, 4.69) is 15.0 Å². The zero-order valence-corrected chi connectivity index (χ0v) is 13.4. The van der Waals surface area contributed by atoms with Gasteiger partial charge >= 0.3 is 6.18 Å². The van der Waals surface area contributed by atoms with Crippen molar-refractivity contribution in [2.75, 3.05) is 31.1 Å². The molecule has 0 bridgehead atoms. The second kappa shape index (κ2) is 6.80. The Kier molecular flexibility index (Phi) is 4.75. The van der Waals surface area contributed by atoms with Crippen LogP contribution in [0.5, 0.6) is 0 Å². The maximum atomic E-state index is 12.6. The summed E-state index contributed by atoms with van der Waals surface area (Å²) in [6.07, 6.45) is -2.54. The molecule has 1 aliphatic rings. The fourth-order valence-corrected chi connectivity index (χ4v) is 2.81. The number of anilines is 1. The van der Waals surface area contributed by atoms with Gasteiger partial charge in [0.2, 0.25) is 0 Å². The topological polar surface area (TPSA) is 45.4 Å². The molecule has 8 heteroatoms. The van der Waals surface area contributed by atoms with Crippen LogP contribution in [0.1, 0.15) is 23.4 Å². The van der Waals surface area contributed by atoms with Crippen LogP contribution in [0.4, 0.5) is 19.0 Å². The van der Waals surface area contributed by atoms with E-state index in [1.165, 1.54) is 6.07 Å². The Morgan fingerprint density at radius 2 is 2.00 bits per heavy atom. The standard InChI is InChI=1S/C16H19F3N4O/c1-12-9-14(24-21-12)11-22-5-2-6-23(8-7-22)15-4-3-13(10-20-15)16(17,18)19/h3-4,9-10H,2,5-8,11H2,1H3. The molecule has 2 aromatic heterocycles. The van der Waals surface area contributed by atoms with E-state index in [-0.39, 0.29) is 0 Å². The van der Waals surface area contributed by atoms with Crippen LogP contribution in [0, 0.1) is 6.92 Å². The third-order valence-electron chi connectivity index (χ3n) is 4.04. The molecule has 0 spiro atoms. The van der Waals surface area contributed by atoms with Crippen LogP contribution < -0.4 is 4.90 Å². The lowest BCUT2D eigenvalue weighted by Crippen LogP contribution is -2.30. The van der Waals surface area contributed by atoms with Crippen molar-refractivity contribution in [1.82, 2.24) is 15.0 Å². The molecule has 2 aromatic rings. The van der Waals surface area contributed by atoms with Gasteiger partial charge in [0.25, 0.3) is 0 Å². The zero-order valence-electron chi connectivity index (χ0n) is 13.4. The van der Waals surface area contributed by atoms with Crippen molar-refractivity contribution in [2.45, 2.75) is 26.1 Å². The van der Waals surface area contributed by atoms with Gasteiger partial charge in [0.05, 0.1) is 17.8 Å². The SMILES string of the molecule is Cc1cc(CN2CCCN(c3ccc(C(F)(F)F)cn3)CC2)on1. The van der Waals surface area contributed by atoms with Gasteiger partial charge in [-0.1, -0.05) is 5.16 Å². The van der Waals surface area contributed by atoms with Gasteiger partial charge in [-0.2, -0.15) is 13.2 Å². The van der Waals surface area contributed by atoms with E-state index < -0.39 is 11.7 Å². The van der Waals surface area contributed by atoms with Crippen molar-refractivity contribution in [3.8, 4) is 0 Å². The molecule has 3 heterocycles. The molecule has 0 aromatic carbocycles. The third kappa shape index (κ3) is 4.05. The fraction of sp³-hybridized carbons (Fsp3) is 0.500. The predicted octanol–water partition coefficient (Wildman–Crippen LogP) is 3.11. The van der Waals surface area contributed by atoms with Crippen LogP contribution in [-0.4, -0.2) is 41.2 Å². The number of alkyl halides is 3. The molecule has 0 radical (unpaired) electrons. The Balaban J connectivity index is 1.60. The molecule has 0 amide bonds. The number of nitrogens with zero attached hydrogens (tertiary/aromatic N) is 4. The highest BCUT2D eigenvalue weighted by molar-refractivity contribution is 5.40. The minimum atomic E-state index is -4.35. The molecule has 5 nitrogen and oxygen atoms in total. The van der Waals surface area contributed by atoms with Crippen LogP contribution in [0.25, 0.3) is 0 Å². The van der Waals surface area contributed by atoms with Gasteiger partial charge < -0.3 is 9.42 Å². The molecule has 1 aliphatic heterocycles. The van der Waals surface area contributed by atoms with Crippen LogP contribution in [0.2, 0.25) is 0 Å². The normalized spacial score (nSPS) is 17.1. The predicted molar refractivity (Wildman–Crippen MR) is 82.6 cm³/mol. The number of aryl methyl sites for hydroxylation is 1. The fourth-order valence-electron chi connectivity index (χ4n) is 2.81. The van der Waals surface area contributed by atoms with Crippen LogP contribution in [0.3, 0.4) is 0 Å². The van der Waals surface area contributed by atoms with E-state index in [4.69, 9.17) is 4.52 Å². The summed E-state index contributed by atoms with van der Waals surface area (Å²) in [6.45, 7) is 5.75. The Bertz CT molecular complexity index is 669. The molecule has 3 rings (SSSR count). The molecule has 130 valence electrons. The average molecular weight is 340 g/mol. The van der Waals surface area contributed by atoms with Gasteiger partial charge in [0, 0.05) is 38.4 Å². The second-order valence-corrected chi connectivity index (χ2v) is 5.95. The maximum Gasteiger partial charge on any atom is 0.417 e. The molecule has 0 N–H and O–H groups in total. The summed E-state index contributed by atoms with van der Waals surface area (Å²) in [7, 11) is 0. The average Bonchev–Trinajstić information content (AvgIpc) is 2.80. The summed E-state index contributed by atoms with van der Waals surface area (Å²) >= 11 is 0. The summed E-state index contributed by atoms with van der Waals surface area (Å²) in [5, 5.41) is 3.88. The number of aromatic nitrogens is 2. The first-order valence-electron chi connectivity index (χ1n) is 7.84. The van der Waals surface area contributed by atoms with Crippen molar-refractivity contribution < 1.29 is 17.7 Å². The van der Waals surface area contributed by atoms with Crippen LogP contribution >= 0.6 is 0 Å². The van der Waals surface area contributed by atoms with E-state index >= 15 is 0 Å². The molecule has 0 aliphatic carbocycles. The van der Waals surface area contributed by atoms with Gasteiger partial charge in [0.15, 0.2) is 5.76 Å². The Morgan fingerprint density at radius 3 is 2.62 bits per heavy atom. The number of halogens is 3. The van der Waals surface area contributed by atoms with Crippen molar-refractivity contribution in [3.63, 3.8) is 0 Å². The minimum absolute atomic E-state index is 0.584. The Morgan fingerprint density at radius 1 is 1.17 bits per heavy atom. The van der Waals surface area contributed by atoms with Crippen molar-refractivity contribution >= 4 is 5.82 Å². The van der Waals surface area contributed by atoms with E-state index in [0.29, 0.717) is 18.9 Å². The van der Waals surface area contributed by atoms with Crippen molar-refractivity contribution in [2.24, 2.45) is 0 Å². The van der Waals surface area contributed by atoms with E-state index in [0.717, 1.165) is 49.8 Å². The molecule has 1 saturated heterocycles. The van der Waals surface area contributed by atoms with Gasteiger partial charge in [0.1, 0.15) is 5.82 Å². The number of hydrogen-bond donors (Lipinski definition) is 0. The van der Waals surface area contributed by atoms with Gasteiger partial charge in [-0.05, 0) is 25.5 Å². The second-order valence-electron chi connectivity index (χ2n) is 5.95. The van der Waals surface area contributed by atoms with E-state index in [9.17, 15) is 13.2 Å². The lowest BCUT2D eigenvalue weighted by atomic mass is 10.2. The summed E-state index contributed by atoms with van der Waals surface area (Å²) in [4.78, 5) is 8.26. The maximum absolute atomic E-state index is 12.6. The molecular formula is C16H19F3N4O. The lowest BCUT2D eigenvalue weighted by Gasteiger charge is -2.22. The minimum Gasteiger partial charge on any atom is -0.360 e. The quantitative estimate of drug-likeness (QED) is 0.859. The monoisotopic (exact) mass is 340 g/mol. The molecule has 0 atom stereocenters. The van der Waals surface area contributed by atoms with Crippen LogP contribution in [-0.2, 0) is 12.7 Å². The molecule has 0 unspecified atom stereocenters. The molecular weight excluding hydrogens is 321 g/mol. The highest BCUT2D eigenvalue weighted by Crippen LogP contribution is 2.29. The van der Waals surface area contributed by atoms with Gasteiger partial charge in [-0.15, -0.1) is 0 Å². The first-order chi connectivity index (χ1) is 11.4. The largest absolute Gasteiger partial charge is 0.417 e. The number of rotatable bonds is 3. The highest BCUT2D eigenvalue weighted by Gasteiger charge is 2.31.